The molecule has 3 nitrogen and oxygen atoms in total. The minimum Gasteiger partial charge on any atom is -0.476 e. The Hall–Kier alpha value is -1.09. The summed E-state index contributed by atoms with van der Waals surface area (Å²) in [6.45, 7) is 5.92. The molecule has 0 saturated heterocycles. The van der Waals surface area contributed by atoms with E-state index in [2.05, 4.69) is 23.7 Å². The predicted molar refractivity (Wildman–Crippen MR) is 62.4 cm³/mol. The molecule has 3 heteroatoms. The molecule has 0 aliphatic heterocycles. The number of likely N-dealkylation sites (N-methyl/N-ethyl adjacent to an activating group) is 1. The summed E-state index contributed by atoms with van der Waals surface area (Å²) in [6.07, 6.45) is 1.81. The van der Waals surface area contributed by atoms with Crippen LogP contribution < -0.4 is 4.74 Å². The maximum Gasteiger partial charge on any atom is 0.213 e. The third kappa shape index (κ3) is 4.30. The van der Waals surface area contributed by atoms with Crippen molar-refractivity contribution >= 4 is 0 Å². The molecule has 0 fully saturated rings. The van der Waals surface area contributed by atoms with E-state index in [-0.39, 0.29) is 0 Å². The van der Waals surface area contributed by atoms with Crippen molar-refractivity contribution in [2.45, 2.75) is 19.8 Å². The van der Waals surface area contributed by atoms with Crippen LogP contribution in [-0.2, 0) is 0 Å². The highest BCUT2D eigenvalue weighted by Crippen LogP contribution is 2.17. The molecule has 0 bridgehead atoms. The number of hydrogen-bond donors (Lipinski definition) is 0. The van der Waals surface area contributed by atoms with Gasteiger partial charge in [0.2, 0.25) is 5.88 Å². The van der Waals surface area contributed by atoms with E-state index in [1.807, 2.05) is 26.2 Å². The van der Waals surface area contributed by atoms with Crippen molar-refractivity contribution in [1.82, 2.24) is 9.88 Å². The summed E-state index contributed by atoms with van der Waals surface area (Å²) in [7, 11) is 4.06. The summed E-state index contributed by atoms with van der Waals surface area (Å²) in [4.78, 5) is 6.27. The van der Waals surface area contributed by atoms with Gasteiger partial charge in [-0.25, -0.2) is 4.98 Å². The van der Waals surface area contributed by atoms with Gasteiger partial charge >= 0.3 is 0 Å². The minimum absolute atomic E-state index is 0.518. The van der Waals surface area contributed by atoms with Gasteiger partial charge in [-0.2, -0.15) is 0 Å². The minimum atomic E-state index is 0.518. The van der Waals surface area contributed by atoms with Gasteiger partial charge in [0, 0.05) is 18.8 Å². The molecule has 0 aliphatic carbocycles. The molecule has 0 radical (unpaired) electrons. The molecule has 0 atom stereocenters. The summed E-state index contributed by atoms with van der Waals surface area (Å²) in [5.41, 5.74) is 1.27. The Bertz CT molecular complexity index is 297. The first kappa shape index (κ1) is 12.0. The Kier molecular flexibility index (Phi) is 4.56. The van der Waals surface area contributed by atoms with Gasteiger partial charge in [0.25, 0.3) is 0 Å². The van der Waals surface area contributed by atoms with Gasteiger partial charge in [-0.1, -0.05) is 13.8 Å². The largest absolute Gasteiger partial charge is 0.476 e. The molecule has 1 heterocycles. The van der Waals surface area contributed by atoms with E-state index in [0.29, 0.717) is 12.5 Å². The van der Waals surface area contributed by atoms with Crippen molar-refractivity contribution in [2.75, 3.05) is 27.2 Å². The van der Waals surface area contributed by atoms with Crippen LogP contribution in [0, 0.1) is 0 Å². The maximum atomic E-state index is 5.55. The average molecular weight is 208 g/mol. The van der Waals surface area contributed by atoms with Crippen LogP contribution in [0.25, 0.3) is 0 Å². The highest BCUT2D eigenvalue weighted by molar-refractivity contribution is 5.22. The summed E-state index contributed by atoms with van der Waals surface area (Å²) < 4.78 is 5.55. The summed E-state index contributed by atoms with van der Waals surface area (Å²) in [6, 6.07) is 4.05. The molecule has 1 aromatic heterocycles. The molecule has 0 amide bonds. The Labute approximate surface area is 92.1 Å². The number of aromatic nitrogens is 1. The quantitative estimate of drug-likeness (QED) is 0.741. The van der Waals surface area contributed by atoms with Crippen LogP contribution in [-0.4, -0.2) is 37.1 Å². The van der Waals surface area contributed by atoms with Crippen molar-refractivity contribution in [2.24, 2.45) is 0 Å². The van der Waals surface area contributed by atoms with Crippen molar-refractivity contribution in [3.8, 4) is 5.88 Å². The fourth-order valence-corrected chi connectivity index (χ4v) is 1.20. The van der Waals surface area contributed by atoms with Crippen LogP contribution in [0.15, 0.2) is 18.3 Å². The first-order valence-corrected chi connectivity index (χ1v) is 5.33. The van der Waals surface area contributed by atoms with Crippen LogP contribution >= 0.6 is 0 Å². The van der Waals surface area contributed by atoms with Crippen LogP contribution in [0.1, 0.15) is 25.3 Å². The predicted octanol–water partition coefficient (Wildman–Crippen LogP) is 2.15. The van der Waals surface area contributed by atoms with Crippen molar-refractivity contribution in [3.05, 3.63) is 23.9 Å². The van der Waals surface area contributed by atoms with Gasteiger partial charge in [0.1, 0.15) is 6.61 Å². The third-order valence-electron chi connectivity index (χ3n) is 2.21. The van der Waals surface area contributed by atoms with E-state index in [9.17, 15) is 0 Å². The molecule has 0 aliphatic rings. The number of hydrogen-bond acceptors (Lipinski definition) is 3. The molecule has 0 N–H and O–H groups in total. The van der Waals surface area contributed by atoms with E-state index < -0.39 is 0 Å². The molecule has 15 heavy (non-hydrogen) atoms. The lowest BCUT2D eigenvalue weighted by atomic mass is 10.1. The fourth-order valence-electron chi connectivity index (χ4n) is 1.20. The SMILES string of the molecule is CC(C)c1ccnc(OCCN(C)C)c1. The standard InChI is InChI=1S/C12H20N2O/c1-10(2)11-5-6-13-12(9-11)15-8-7-14(3)4/h5-6,9-10H,7-8H2,1-4H3. The lowest BCUT2D eigenvalue weighted by Crippen LogP contribution is -2.19. The zero-order chi connectivity index (χ0) is 11.3. The van der Waals surface area contributed by atoms with Gasteiger partial charge in [-0.3, -0.25) is 0 Å². The molecule has 0 saturated carbocycles. The summed E-state index contributed by atoms with van der Waals surface area (Å²) in [5.74, 6) is 1.24. The second kappa shape index (κ2) is 5.71. The number of nitrogens with zero attached hydrogens (tertiary/aromatic N) is 2. The summed E-state index contributed by atoms with van der Waals surface area (Å²) >= 11 is 0. The van der Waals surface area contributed by atoms with Crippen LogP contribution in [0.3, 0.4) is 0 Å². The first-order valence-electron chi connectivity index (χ1n) is 5.33. The molecular formula is C12H20N2O. The molecule has 84 valence electrons. The lowest BCUT2D eigenvalue weighted by Gasteiger charge is -2.11. The number of pyridine rings is 1. The van der Waals surface area contributed by atoms with E-state index in [0.717, 1.165) is 12.4 Å². The highest BCUT2D eigenvalue weighted by atomic mass is 16.5. The van der Waals surface area contributed by atoms with Crippen LogP contribution in [0.4, 0.5) is 0 Å². The van der Waals surface area contributed by atoms with E-state index in [1.54, 1.807) is 6.20 Å². The van der Waals surface area contributed by atoms with Crippen molar-refractivity contribution in [1.29, 1.82) is 0 Å². The number of rotatable bonds is 5. The topological polar surface area (TPSA) is 25.4 Å². The van der Waals surface area contributed by atoms with Crippen molar-refractivity contribution in [3.63, 3.8) is 0 Å². The van der Waals surface area contributed by atoms with E-state index in [4.69, 9.17) is 4.74 Å². The Morgan fingerprint density at radius 1 is 1.40 bits per heavy atom. The molecule has 0 unspecified atom stereocenters. The second-order valence-electron chi connectivity index (χ2n) is 4.23. The molecular weight excluding hydrogens is 188 g/mol. The molecule has 1 aromatic rings. The van der Waals surface area contributed by atoms with Crippen molar-refractivity contribution < 1.29 is 4.74 Å². The van der Waals surface area contributed by atoms with Gasteiger partial charge in [-0.15, -0.1) is 0 Å². The smallest absolute Gasteiger partial charge is 0.213 e. The Morgan fingerprint density at radius 3 is 2.73 bits per heavy atom. The Balaban J connectivity index is 2.50. The van der Waals surface area contributed by atoms with Gasteiger partial charge in [0.05, 0.1) is 0 Å². The summed E-state index contributed by atoms with van der Waals surface area (Å²) in [5, 5.41) is 0. The van der Waals surface area contributed by atoms with Gasteiger partial charge in [0.15, 0.2) is 0 Å². The third-order valence-corrected chi connectivity index (χ3v) is 2.21. The lowest BCUT2D eigenvalue weighted by molar-refractivity contribution is 0.253. The molecule has 1 rings (SSSR count). The zero-order valence-electron chi connectivity index (χ0n) is 10.0. The van der Waals surface area contributed by atoms with Gasteiger partial charge < -0.3 is 9.64 Å². The van der Waals surface area contributed by atoms with Crippen LogP contribution in [0.5, 0.6) is 5.88 Å². The number of ether oxygens (including phenoxy) is 1. The monoisotopic (exact) mass is 208 g/mol. The fraction of sp³-hybridized carbons (Fsp3) is 0.583. The maximum absolute atomic E-state index is 5.55. The van der Waals surface area contributed by atoms with E-state index in [1.165, 1.54) is 5.56 Å². The molecule has 0 spiro atoms. The molecule has 0 aromatic carbocycles. The normalized spacial score (nSPS) is 11.1. The average Bonchev–Trinajstić information content (AvgIpc) is 2.17. The zero-order valence-corrected chi connectivity index (χ0v) is 10.0. The highest BCUT2D eigenvalue weighted by Gasteiger charge is 2.02. The van der Waals surface area contributed by atoms with Crippen LogP contribution in [0.2, 0.25) is 0 Å². The Morgan fingerprint density at radius 2 is 2.13 bits per heavy atom. The van der Waals surface area contributed by atoms with Gasteiger partial charge in [-0.05, 0) is 31.6 Å². The first-order chi connectivity index (χ1) is 7.09. The second-order valence-corrected chi connectivity index (χ2v) is 4.23. The van der Waals surface area contributed by atoms with E-state index >= 15 is 0 Å².